The van der Waals surface area contributed by atoms with Crippen molar-refractivity contribution in [3.05, 3.63) is 66.6 Å². The smallest absolute Gasteiger partial charge is 0.274 e. The molecule has 0 saturated heterocycles. The lowest BCUT2D eigenvalue weighted by Crippen LogP contribution is -2.12. The van der Waals surface area contributed by atoms with Crippen LogP contribution in [0.3, 0.4) is 0 Å². The predicted octanol–water partition coefficient (Wildman–Crippen LogP) is 3.46. The molecule has 3 rings (SSSR count). The van der Waals surface area contributed by atoms with E-state index in [2.05, 4.69) is 15.3 Å². The standard InChI is InChI=1S/C15H11N3OS/c19-14(12-8-4-5-9-16-12)18-13-10-17-15(20-13)11-6-2-1-3-7-11/h1-10H,(H,18,19). The molecule has 2 heterocycles. The first-order valence-electron chi connectivity index (χ1n) is 6.06. The summed E-state index contributed by atoms with van der Waals surface area (Å²) in [4.78, 5) is 20.3. The lowest BCUT2D eigenvalue weighted by Gasteiger charge is -2.00. The Hall–Kier alpha value is -2.53. The van der Waals surface area contributed by atoms with Gasteiger partial charge < -0.3 is 5.32 Å². The fourth-order valence-corrected chi connectivity index (χ4v) is 2.54. The van der Waals surface area contributed by atoms with Crippen molar-refractivity contribution >= 4 is 22.2 Å². The summed E-state index contributed by atoms with van der Waals surface area (Å²) in [5.74, 6) is -0.228. The predicted molar refractivity (Wildman–Crippen MR) is 79.7 cm³/mol. The molecular formula is C15H11N3OS. The highest BCUT2D eigenvalue weighted by Gasteiger charge is 2.10. The molecule has 1 amide bonds. The molecule has 4 nitrogen and oxygen atoms in total. The van der Waals surface area contributed by atoms with E-state index in [9.17, 15) is 4.79 Å². The van der Waals surface area contributed by atoms with Crippen LogP contribution in [0.5, 0.6) is 0 Å². The molecule has 20 heavy (non-hydrogen) atoms. The van der Waals surface area contributed by atoms with Gasteiger partial charge in [0.1, 0.15) is 15.7 Å². The summed E-state index contributed by atoms with van der Waals surface area (Å²) >= 11 is 1.44. The van der Waals surface area contributed by atoms with Gasteiger partial charge in [-0.3, -0.25) is 9.78 Å². The van der Waals surface area contributed by atoms with E-state index in [1.54, 1.807) is 30.6 Å². The Labute approximate surface area is 120 Å². The maximum absolute atomic E-state index is 12.0. The number of rotatable bonds is 3. The van der Waals surface area contributed by atoms with E-state index in [1.807, 2.05) is 30.3 Å². The number of carbonyl (C=O) groups excluding carboxylic acids is 1. The second-order valence-corrected chi connectivity index (χ2v) is 5.10. The highest BCUT2D eigenvalue weighted by molar-refractivity contribution is 7.19. The molecule has 0 fully saturated rings. The van der Waals surface area contributed by atoms with Crippen molar-refractivity contribution in [1.82, 2.24) is 9.97 Å². The minimum absolute atomic E-state index is 0.228. The van der Waals surface area contributed by atoms with E-state index < -0.39 is 0 Å². The minimum Gasteiger partial charge on any atom is -0.311 e. The van der Waals surface area contributed by atoms with Crippen LogP contribution in [-0.2, 0) is 0 Å². The number of anilines is 1. The molecule has 0 saturated carbocycles. The third-order valence-corrected chi connectivity index (χ3v) is 3.62. The van der Waals surface area contributed by atoms with E-state index in [0.29, 0.717) is 10.7 Å². The third kappa shape index (κ3) is 2.73. The van der Waals surface area contributed by atoms with E-state index in [4.69, 9.17) is 0 Å². The van der Waals surface area contributed by atoms with E-state index in [-0.39, 0.29) is 5.91 Å². The molecule has 0 atom stereocenters. The fraction of sp³-hybridized carbons (Fsp3) is 0. The zero-order valence-electron chi connectivity index (χ0n) is 10.5. The van der Waals surface area contributed by atoms with Gasteiger partial charge in [-0.25, -0.2) is 4.98 Å². The highest BCUT2D eigenvalue weighted by Crippen LogP contribution is 2.28. The quantitative estimate of drug-likeness (QED) is 0.800. The van der Waals surface area contributed by atoms with Crippen molar-refractivity contribution in [2.45, 2.75) is 0 Å². The molecule has 3 aromatic rings. The van der Waals surface area contributed by atoms with Gasteiger partial charge in [0.05, 0.1) is 6.20 Å². The molecule has 0 spiro atoms. The summed E-state index contributed by atoms with van der Waals surface area (Å²) in [5.41, 5.74) is 1.43. The van der Waals surface area contributed by atoms with E-state index in [1.165, 1.54) is 11.3 Å². The minimum atomic E-state index is -0.228. The number of nitrogens with one attached hydrogen (secondary N) is 1. The van der Waals surface area contributed by atoms with Crippen LogP contribution < -0.4 is 5.32 Å². The Bertz CT molecular complexity index is 710. The Kier molecular flexibility index (Phi) is 3.52. The topological polar surface area (TPSA) is 54.9 Å². The molecule has 0 bridgehead atoms. The lowest BCUT2D eigenvalue weighted by molar-refractivity contribution is 0.102. The van der Waals surface area contributed by atoms with Crippen LogP contribution in [0, 0.1) is 0 Å². The van der Waals surface area contributed by atoms with Crippen LogP contribution in [0.15, 0.2) is 60.9 Å². The average Bonchev–Trinajstić information content (AvgIpc) is 2.97. The molecule has 1 aromatic carbocycles. The van der Waals surface area contributed by atoms with Crippen molar-refractivity contribution in [2.75, 3.05) is 5.32 Å². The molecule has 98 valence electrons. The van der Waals surface area contributed by atoms with Crippen LogP contribution in [0.1, 0.15) is 10.5 Å². The molecule has 5 heteroatoms. The maximum Gasteiger partial charge on any atom is 0.274 e. The summed E-state index contributed by atoms with van der Waals surface area (Å²) in [6.45, 7) is 0. The molecule has 0 aliphatic rings. The Morgan fingerprint density at radius 1 is 1.00 bits per heavy atom. The molecule has 2 aromatic heterocycles. The number of nitrogens with zero attached hydrogens (tertiary/aromatic N) is 2. The normalized spacial score (nSPS) is 10.2. The second-order valence-electron chi connectivity index (χ2n) is 4.06. The van der Waals surface area contributed by atoms with Gasteiger partial charge in [-0.15, -0.1) is 0 Å². The first-order chi connectivity index (χ1) is 9.83. The lowest BCUT2D eigenvalue weighted by atomic mass is 10.2. The largest absolute Gasteiger partial charge is 0.311 e. The third-order valence-electron chi connectivity index (χ3n) is 2.66. The summed E-state index contributed by atoms with van der Waals surface area (Å²) in [6.07, 6.45) is 3.25. The van der Waals surface area contributed by atoms with Crippen LogP contribution in [0.4, 0.5) is 5.00 Å². The van der Waals surface area contributed by atoms with Gasteiger partial charge in [-0.1, -0.05) is 47.7 Å². The number of aromatic nitrogens is 2. The molecule has 0 aliphatic heterocycles. The summed E-state index contributed by atoms with van der Waals surface area (Å²) < 4.78 is 0. The van der Waals surface area contributed by atoms with Gasteiger partial charge in [0.25, 0.3) is 5.91 Å². The second kappa shape index (κ2) is 5.63. The van der Waals surface area contributed by atoms with Crippen LogP contribution in [0.2, 0.25) is 0 Å². The van der Waals surface area contributed by atoms with Crippen molar-refractivity contribution in [1.29, 1.82) is 0 Å². The first-order valence-corrected chi connectivity index (χ1v) is 6.88. The fourth-order valence-electron chi connectivity index (χ4n) is 1.72. The van der Waals surface area contributed by atoms with E-state index >= 15 is 0 Å². The summed E-state index contributed by atoms with van der Waals surface area (Å²) in [5, 5.41) is 4.39. The van der Waals surface area contributed by atoms with Crippen LogP contribution >= 0.6 is 11.3 Å². The van der Waals surface area contributed by atoms with Gasteiger partial charge in [-0.05, 0) is 12.1 Å². The van der Waals surface area contributed by atoms with Crippen molar-refractivity contribution < 1.29 is 4.79 Å². The van der Waals surface area contributed by atoms with Gasteiger partial charge in [0.15, 0.2) is 0 Å². The zero-order valence-corrected chi connectivity index (χ0v) is 11.3. The zero-order chi connectivity index (χ0) is 13.8. The number of amides is 1. The molecule has 0 radical (unpaired) electrons. The Morgan fingerprint density at radius 2 is 1.80 bits per heavy atom. The summed E-state index contributed by atoms with van der Waals surface area (Å²) in [7, 11) is 0. The molecule has 0 unspecified atom stereocenters. The first kappa shape index (κ1) is 12.5. The number of carbonyl (C=O) groups is 1. The molecule has 1 N–H and O–H groups in total. The summed E-state index contributed by atoms with van der Waals surface area (Å²) in [6, 6.07) is 15.1. The van der Waals surface area contributed by atoms with Gasteiger partial charge in [0, 0.05) is 11.8 Å². The Balaban J connectivity index is 1.77. The average molecular weight is 281 g/mol. The molecular weight excluding hydrogens is 270 g/mol. The number of thiazole rings is 1. The van der Waals surface area contributed by atoms with Gasteiger partial charge in [0.2, 0.25) is 0 Å². The van der Waals surface area contributed by atoms with Crippen molar-refractivity contribution in [2.24, 2.45) is 0 Å². The van der Waals surface area contributed by atoms with Crippen LogP contribution in [-0.4, -0.2) is 15.9 Å². The number of hydrogen-bond acceptors (Lipinski definition) is 4. The number of pyridine rings is 1. The number of benzene rings is 1. The van der Waals surface area contributed by atoms with Gasteiger partial charge >= 0.3 is 0 Å². The van der Waals surface area contributed by atoms with Crippen LogP contribution in [0.25, 0.3) is 10.6 Å². The van der Waals surface area contributed by atoms with Crippen molar-refractivity contribution in [3.8, 4) is 10.6 Å². The highest BCUT2D eigenvalue weighted by atomic mass is 32.1. The monoisotopic (exact) mass is 281 g/mol. The molecule has 0 aliphatic carbocycles. The number of hydrogen-bond donors (Lipinski definition) is 1. The van der Waals surface area contributed by atoms with Crippen molar-refractivity contribution in [3.63, 3.8) is 0 Å². The SMILES string of the molecule is O=C(Nc1cnc(-c2ccccc2)s1)c1ccccn1. The van der Waals surface area contributed by atoms with Gasteiger partial charge in [-0.2, -0.15) is 0 Å². The van der Waals surface area contributed by atoms with E-state index in [0.717, 1.165) is 10.6 Å². The Morgan fingerprint density at radius 3 is 2.55 bits per heavy atom. The maximum atomic E-state index is 12.0.